The summed E-state index contributed by atoms with van der Waals surface area (Å²) in [5, 5.41) is 16.7. The number of aromatic nitrogens is 6. The zero-order valence-electron chi connectivity index (χ0n) is 13.7. The minimum atomic E-state index is 0.688. The summed E-state index contributed by atoms with van der Waals surface area (Å²) in [6.45, 7) is 2.20. The summed E-state index contributed by atoms with van der Waals surface area (Å²) >= 11 is 3.05. The molecule has 0 bridgehead atoms. The molecule has 0 radical (unpaired) electrons. The summed E-state index contributed by atoms with van der Waals surface area (Å²) in [7, 11) is 0. The highest BCUT2D eigenvalue weighted by Gasteiger charge is 2.14. The molecule has 3 heterocycles. The van der Waals surface area contributed by atoms with E-state index in [-0.39, 0.29) is 0 Å². The predicted molar refractivity (Wildman–Crippen MR) is 99.3 cm³/mol. The molecule has 25 heavy (non-hydrogen) atoms. The first-order valence-electron chi connectivity index (χ1n) is 8.09. The third-order valence-corrected chi connectivity index (χ3v) is 5.63. The summed E-state index contributed by atoms with van der Waals surface area (Å²) in [5.74, 6) is 0. The zero-order chi connectivity index (χ0) is 17.1. The van der Waals surface area contributed by atoms with E-state index in [2.05, 4.69) is 56.7 Å². The van der Waals surface area contributed by atoms with Crippen LogP contribution in [0.3, 0.4) is 0 Å². The Hall–Kier alpha value is -2.32. The molecule has 0 unspecified atom stereocenters. The van der Waals surface area contributed by atoms with Crippen LogP contribution in [0.4, 0.5) is 0 Å². The van der Waals surface area contributed by atoms with Gasteiger partial charge in [-0.1, -0.05) is 25.5 Å². The van der Waals surface area contributed by atoms with Gasteiger partial charge >= 0.3 is 0 Å². The van der Waals surface area contributed by atoms with Crippen LogP contribution < -0.4 is 0 Å². The van der Waals surface area contributed by atoms with Crippen molar-refractivity contribution >= 4 is 33.3 Å². The number of nitrogens with zero attached hydrogens (tertiary/aromatic N) is 6. The first kappa shape index (κ1) is 16.2. The summed E-state index contributed by atoms with van der Waals surface area (Å²) in [4.78, 5) is 9.64. The van der Waals surface area contributed by atoms with Gasteiger partial charge in [0.25, 0.3) is 0 Å². The molecule has 126 valence electrons. The molecule has 0 amide bonds. The lowest BCUT2D eigenvalue weighted by molar-refractivity contribution is 0.753. The maximum Gasteiger partial charge on any atom is 0.220 e. The average molecular weight is 368 g/mol. The van der Waals surface area contributed by atoms with Gasteiger partial charge in [0.2, 0.25) is 5.16 Å². The Labute approximate surface area is 153 Å². The molecule has 3 aromatic heterocycles. The maximum absolute atomic E-state index is 4.39. The Kier molecular flexibility index (Phi) is 4.71. The second kappa shape index (κ2) is 7.28. The van der Waals surface area contributed by atoms with Crippen LogP contribution >= 0.6 is 23.1 Å². The number of aryl methyl sites for hydroxylation is 1. The Morgan fingerprint density at radius 1 is 1.12 bits per heavy atom. The molecule has 0 saturated heterocycles. The Morgan fingerprint density at radius 3 is 2.84 bits per heavy atom. The monoisotopic (exact) mass is 368 g/mol. The van der Waals surface area contributed by atoms with Crippen molar-refractivity contribution in [2.24, 2.45) is 0 Å². The standard InChI is InChI=1S/C17H16N6S2/c1-2-3-4-12-5-7-13(8-6-12)23-17(20-21-22-23)25-16-14-9-10-24-15(14)18-11-19-16/h5-11H,2-4H2,1H3. The van der Waals surface area contributed by atoms with Gasteiger partial charge in [0.1, 0.15) is 16.2 Å². The van der Waals surface area contributed by atoms with Gasteiger partial charge in [0, 0.05) is 5.39 Å². The fraction of sp³-hybridized carbons (Fsp3) is 0.235. The zero-order valence-corrected chi connectivity index (χ0v) is 15.3. The highest BCUT2D eigenvalue weighted by Crippen LogP contribution is 2.32. The quantitative estimate of drug-likeness (QED) is 0.476. The van der Waals surface area contributed by atoms with E-state index in [1.54, 1.807) is 22.3 Å². The van der Waals surface area contributed by atoms with E-state index in [1.165, 1.54) is 30.2 Å². The number of unbranched alkanes of at least 4 members (excludes halogenated alkanes) is 1. The van der Waals surface area contributed by atoms with Gasteiger partial charge in [-0.3, -0.25) is 0 Å². The van der Waals surface area contributed by atoms with Crippen LogP contribution in [0.2, 0.25) is 0 Å². The third kappa shape index (κ3) is 3.40. The molecule has 6 nitrogen and oxygen atoms in total. The van der Waals surface area contributed by atoms with Gasteiger partial charge in [-0.15, -0.1) is 16.4 Å². The molecule has 0 saturated carbocycles. The Morgan fingerprint density at radius 2 is 2.00 bits per heavy atom. The molecule has 0 atom stereocenters. The smallest absolute Gasteiger partial charge is 0.220 e. The molecule has 4 aromatic rings. The summed E-state index contributed by atoms with van der Waals surface area (Å²) < 4.78 is 1.74. The topological polar surface area (TPSA) is 69.4 Å². The van der Waals surface area contributed by atoms with Crippen molar-refractivity contribution in [2.75, 3.05) is 0 Å². The van der Waals surface area contributed by atoms with E-state index < -0.39 is 0 Å². The number of hydrogen-bond acceptors (Lipinski definition) is 7. The number of fused-ring (bicyclic) bond motifs is 1. The normalized spacial score (nSPS) is 11.2. The van der Waals surface area contributed by atoms with E-state index in [0.29, 0.717) is 5.16 Å². The average Bonchev–Trinajstić information content (AvgIpc) is 3.30. The molecule has 0 aliphatic rings. The van der Waals surface area contributed by atoms with Crippen molar-refractivity contribution in [3.63, 3.8) is 0 Å². The van der Waals surface area contributed by atoms with E-state index in [1.807, 2.05) is 11.4 Å². The molecule has 4 rings (SSSR count). The molecular weight excluding hydrogens is 352 g/mol. The number of benzene rings is 1. The lowest BCUT2D eigenvalue weighted by atomic mass is 10.1. The maximum atomic E-state index is 4.39. The summed E-state index contributed by atoms with van der Waals surface area (Å²) in [6, 6.07) is 10.4. The van der Waals surface area contributed by atoms with Crippen molar-refractivity contribution in [1.82, 2.24) is 30.2 Å². The van der Waals surface area contributed by atoms with E-state index >= 15 is 0 Å². The molecule has 0 aliphatic heterocycles. The second-order valence-electron chi connectivity index (χ2n) is 5.56. The van der Waals surface area contributed by atoms with E-state index in [4.69, 9.17) is 0 Å². The molecule has 0 fully saturated rings. The van der Waals surface area contributed by atoms with Gasteiger partial charge in [-0.2, -0.15) is 4.68 Å². The van der Waals surface area contributed by atoms with Gasteiger partial charge in [-0.05, 0) is 64.2 Å². The van der Waals surface area contributed by atoms with Crippen molar-refractivity contribution in [2.45, 2.75) is 36.4 Å². The summed E-state index contributed by atoms with van der Waals surface area (Å²) in [5.41, 5.74) is 2.28. The lowest BCUT2D eigenvalue weighted by Crippen LogP contribution is -1.99. The number of thiophene rings is 1. The SMILES string of the molecule is CCCCc1ccc(-n2nnnc2Sc2ncnc3sccc23)cc1. The molecule has 1 aromatic carbocycles. The Bertz CT molecular complexity index is 976. The molecule has 0 spiro atoms. The van der Waals surface area contributed by atoms with Crippen LogP contribution in [0.25, 0.3) is 15.9 Å². The molecule has 0 aliphatic carbocycles. The van der Waals surface area contributed by atoms with Gasteiger partial charge < -0.3 is 0 Å². The number of rotatable bonds is 6. The molecule has 0 N–H and O–H groups in total. The van der Waals surface area contributed by atoms with E-state index in [9.17, 15) is 0 Å². The fourth-order valence-electron chi connectivity index (χ4n) is 2.52. The molecule has 8 heteroatoms. The van der Waals surface area contributed by atoms with Crippen LogP contribution in [-0.4, -0.2) is 30.2 Å². The number of hydrogen-bond donors (Lipinski definition) is 0. The second-order valence-corrected chi connectivity index (χ2v) is 7.41. The van der Waals surface area contributed by atoms with Gasteiger partial charge in [-0.25, -0.2) is 9.97 Å². The first-order chi connectivity index (χ1) is 12.3. The van der Waals surface area contributed by atoms with Gasteiger partial charge in [0.15, 0.2) is 0 Å². The van der Waals surface area contributed by atoms with Crippen molar-refractivity contribution in [1.29, 1.82) is 0 Å². The predicted octanol–water partition coefficient (Wildman–Crippen LogP) is 4.16. The largest absolute Gasteiger partial charge is 0.229 e. The van der Waals surface area contributed by atoms with Crippen molar-refractivity contribution in [3.05, 3.63) is 47.6 Å². The summed E-state index contributed by atoms with van der Waals surface area (Å²) in [6.07, 6.45) is 5.09. The third-order valence-electron chi connectivity index (χ3n) is 3.85. The first-order valence-corrected chi connectivity index (χ1v) is 9.78. The highest BCUT2D eigenvalue weighted by atomic mass is 32.2. The number of tetrazole rings is 1. The van der Waals surface area contributed by atoms with Crippen LogP contribution in [0.5, 0.6) is 0 Å². The van der Waals surface area contributed by atoms with Crippen molar-refractivity contribution < 1.29 is 0 Å². The van der Waals surface area contributed by atoms with Crippen LogP contribution in [0.1, 0.15) is 25.3 Å². The fourth-order valence-corrected chi connectivity index (χ4v) is 4.17. The minimum Gasteiger partial charge on any atom is -0.229 e. The van der Waals surface area contributed by atoms with Crippen LogP contribution in [0.15, 0.2) is 52.2 Å². The van der Waals surface area contributed by atoms with Crippen molar-refractivity contribution in [3.8, 4) is 5.69 Å². The highest BCUT2D eigenvalue weighted by molar-refractivity contribution is 7.99. The minimum absolute atomic E-state index is 0.688. The van der Waals surface area contributed by atoms with Gasteiger partial charge in [0.05, 0.1) is 5.69 Å². The van der Waals surface area contributed by atoms with E-state index in [0.717, 1.165) is 27.4 Å². The molecular formula is C17H16N6S2. The van der Waals surface area contributed by atoms with Crippen LogP contribution in [-0.2, 0) is 6.42 Å². The van der Waals surface area contributed by atoms with Crippen LogP contribution in [0, 0.1) is 0 Å². The Balaban J connectivity index is 1.61. The lowest BCUT2D eigenvalue weighted by Gasteiger charge is -2.06.